The molecule has 0 saturated heterocycles. The van der Waals surface area contributed by atoms with Crippen LogP contribution >= 0.6 is 0 Å². The number of carboxylic acid groups (broad SMARTS) is 2. The Morgan fingerprint density at radius 1 is 0.793 bits per heavy atom. The lowest BCUT2D eigenvalue weighted by atomic mass is 9.79. The first-order valence-electron chi connectivity index (χ1n) is 9.64. The lowest BCUT2D eigenvalue weighted by molar-refractivity contribution is -0.150. The van der Waals surface area contributed by atoms with E-state index in [2.05, 4.69) is 0 Å². The summed E-state index contributed by atoms with van der Waals surface area (Å²) in [5.41, 5.74) is 18.0. The van der Waals surface area contributed by atoms with Gasteiger partial charge in [0.25, 0.3) is 0 Å². The number of hydrogen-bond acceptors (Lipinski definition) is 9. The number of aliphatic hydroxyl groups excluding tert-OH is 1. The third-order valence-electron chi connectivity index (χ3n) is 5.06. The van der Waals surface area contributed by atoms with Gasteiger partial charge in [-0.3, -0.25) is 9.59 Å². The number of aliphatic carboxylic acids is 2. The van der Waals surface area contributed by atoms with E-state index in [4.69, 9.17) is 22.9 Å². The van der Waals surface area contributed by atoms with Crippen molar-refractivity contribution in [2.45, 2.75) is 62.4 Å². The number of aliphatic hydroxyl groups is 1. The molecule has 0 saturated carbocycles. The van der Waals surface area contributed by atoms with Crippen LogP contribution in [-0.2, 0) is 19.2 Å². The van der Waals surface area contributed by atoms with Gasteiger partial charge in [-0.2, -0.15) is 0 Å². The number of rotatable bonds is 17. The Hall–Kier alpha value is -1.92. The van der Waals surface area contributed by atoms with Gasteiger partial charge in [0.15, 0.2) is 22.6 Å². The van der Waals surface area contributed by atoms with Crippen LogP contribution in [0.15, 0.2) is 0 Å². The fourth-order valence-corrected chi connectivity index (χ4v) is 3.00. The van der Waals surface area contributed by atoms with Crippen molar-refractivity contribution in [1.29, 1.82) is 0 Å². The summed E-state index contributed by atoms with van der Waals surface area (Å²) in [6, 6.07) is 0. The van der Waals surface area contributed by atoms with Crippen LogP contribution in [0.4, 0.5) is 0 Å². The average Bonchev–Trinajstić information content (AvgIpc) is 2.67. The van der Waals surface area contributed by atoms with Crippen LogP contribution in [0.1, 0.15) is 51.4 Å². The molecule has 0 spiro atoms. The van der Waals surface area contributed by atoms with Crippen LogP contribution in [0.3, 0.4) is 0 Å². The van der Waals surface area contributed by atoms with Gasteiger partial charge in [-0.05, 0) is 58.0 Å². The van der Waals surface area contributed by atoms with Crippen molar-refractivity contribution >= 4 is 23.5 Å². The lowest BCUT2D eigenvalue weighted by Crippen LogP contribution is -2.58. The summed E-state index contributed by atoms with van der Waals surface area (Å²) in [6.07, 6.45) is 0.630. The minimum absolute atomic E-state index is 0.120. The van der Waals surface area contributed by atoms with Crippen molar-refractivity contribution in [2.24, 2.45) is 28.9 Å². The third kappa shape index (κ3) is 7.44. The van der Waals surface area contributed by atoms with Gasteiger partial charge in [0, 0.05) is 12.3 Å². The van der Waals surface area contributed by atoms with E-state index in [1.807, 2.05) is 0 Å². The molecule has 11 heteroatoms. The molecule has 0 aliphatic carbocycles. The fourth-order valence-electron chi connectivity index (χ4n) is 3.00. The molecule has 0 rings (SSSR count). The topological polar surface area (TPSA) is 233 Å². The number of ketones is 2. The first-order valence-corrected chi connectivity index (χ1v) is 9.64. The van der Waals surface area contributed by atoms with Gasteiger partial charge < -0.3 is 38.3 Å². The summed E-state index contributed by atoms with van der Waals surface area (Å²) in [5.74, 6) is -6.00. The molecule has 0 aromatic heterocycles. The van der Waals surface area contributed by atoms with Gasteiger partial charge in [-0.15, -0.1) is 0 Å². The number of unbranched alkanes of at least 4 members (excludes halogenated alkanes) is 2. The SMILES string of the molecule is NCCCCC(N)(C(=O)O)C(=O)CCC(CO)C(=O)C(N)(CCCCN)C(=O)O. The number of carboxylic acids is 2. The highest BCUT2D eigenvalue weighted by atomic mass is 16.4. The van der Waals surface area contributed by atoms with Crippen molar-refractivity contribution < 1.29 is 34.5 Å². The Bertz CT molecular complexity index is 587. The normalized spacial score (nSPS) is 16.4. The van der Waals surface area contributed by atoms with Crippen molar-refractivity contribution in [3.05, 3.63) is 0 Å². The summed E-state index contributed by atoms with van der Waals surface area (Å²) < 4.78 is 0. The molecular formula is C18H34N4O7. The van der Waals surface area contributed by atoms with E-state index in [0.29, 0.717) is 38.8 Å². The molecule has 0 amide bonds. The monoisotopic (exact) mass is 418 g/mol. The van der Waals surface area contributed by atoms with E-state index in [1.54, 1.807) is 0 Å². The Morgan fingerprint density at radius 3 is 1.62 bits per heavy atom. The molecule has 0 aliphatic rings. The van der Waals surface area contributed by atoms with Gasteiger partial charge in [0.05, 0.1) is 6.61 Å². The van der Waals surface area contributed by atoms with E-state index in [-0.39, 0.29) is 19.3 Å². The number of carbonyl (C=O) groups is 4. The van der Waals surface area contributed by atoms with Crippen LogP contribution < -0.4 is 22.9 Å². The number of nitrogens with two attached hydrogens (primary N) is 4. The zero-order chi connectivity index (χ0) is 22.7. The van der Waals surface area contributed by atoms with Crippen LogP contribution in [0, 0.1) is 5.92 Å². The molecule has 3 atom stereocenters. The largest absolute Gasteiger partial charge is 0.480 e. The van der Waals surface area contributed by atoms with Gasteiger partial charge >= 0.3 is 11.9 Å². The molecule has 168 valence electrons. The molecule has 0 bridgehead atoms. The second-order valence-corrected chi connectivity index (χ2v) is 7.25. The summed E-state index contributed by atoms with van der Waals surface area (Å²) in [7, 11) is 0. The molecule has 0 radical (unpaired) electrons. The predicted molar refractivity (Wildman–Crippen MR) is 105 cm³/mol. The second-order valence-electron chi connectivity index (χ2n) is 7.25. The minimum atomic E-state index is -2.22. The van der Waals surface area contributed by atoms with Crippen LogP contribution in [0.25, 0.3) is 0 Å². The molecule has 3 unspecified atom stereocenters. The second kappa shape index (κ2) is 12.6. The number of carbonyl (C=O) groups excluding carboxylic acids is 2. The molecule has 11 nitrogen and oxygen atoms in total. The molecule has 0 fully saturated rings. The highest BCUT2D eigenvalue weighted by Gasteiger charge is 2.46. The van der Waals surface area contributed by atoms with E-state index in [9.17, 15) is 34.5 Å². The van der Waals surface area contributed by atoms with Crippen molar-refractivity contribution in [2.75, 3.05) is 19.7 Å². The molecular weight excluding hydrogens is 384 g/mol. The predicted octanol–water partition coefficient (Wildman–Crippen LogP) is -1.66. The maximum Gasteiger partial charge on any atom is 0.331 e. The van der Waals surface area contributed by atoms with Crippen molar-refractivity contribution in [1.82, 2.24) is 0 Å². The van der Waals surface area contributed by atoms with Gasteiger partial charge in [-0.1, -0.05) is 0 Å². The van der Waals surface area contributed by atoms with Crippen molar-refractivity contribution in [3.8, 4) is 0 Å². The lowest BCUT2D eigenvalue weighted by Gasteiger charge is -2.28. The zero-order valence-electron chi connectivity index (χ0n) is 16.6. The van der Waals surface area contributed by atoms with E-state index in [1.165, 1.54) is 0 Å². The Balaban J connectivity index is 5.23. The molecule has 0 heterocycles. The average molecular weight is 418 g/mol. The molecule has 11 N–H and O–H groups in total. The molecule has 29 heavy (non-hydrogen) atoms. The smallest absolute Gasteiger partial charge is 0.331 e. The number of hydrogen-bond donors (Lipinski definition) is 7. The first kappa shape index (κ1) is 27.1. The summed E-state index contributed by atoms with van der Waals surface area (Å²) in [4.78, 5) is 48.2. The van der Waals surface area contributed by atoms with E-state index < -0.39 is 53.5 Å². The molecule has 0 aromatic carbocycles. The maximum absolute atomic E-state index is 12.7. The Labute approximate surface area is 169 Å². The van der Waals surface area contributed by atoms with E-state index in [0.717, 1.165) is 0 Å². The molecule has 0 aromatic rings. The third-order valence-corrected chi connectivity index (χ3v) is 5.06. The summed E-state index contributed by atoms with van der Waals surface area (Å²) in [5, 5.41) is 28.3. The zero-order valence-corrected chi connectivity index (χ0v) is 16.6. The van der Waals surface area contributed by atoms with Gasteiger partial charge in [-0.25, -0.2) is 9.59 Å². The van der Waals surface area contributed by atoms with Gasteiger partial charge in [0.2, 0.25) is 0 Å². The standard InChI is InChI=1S/C18H34N4O7/c19-9-3-1-7-17(21,15(26)27)13(24)6-5-12(11-23)14(25)18(22,16(28)29)8-2-4-10-20/h12,23H,1-11,19-22H2,(H,26,27)(H,28,29). The van der Waals surface area contributed by atoms with Crippen LogP contribution in [-0.4, -0.2) is 69.6 Å². The highest BCUT2D eigenvalue weighted by molar-refractivity contribution is 6.09. The minimum Gasteiger partial charge on any atom is -0.480 e. The number of Topliss-reactive ketones (excluding diaryl/α,β-unsaturated/α-hetero) is 2. The van der Waals surface area contributed by atoms with Crippen LogP contribution in [0.5, 0.6) is 0 Å². The first-order chi connectivity index (χ1) is 13.5. The Morgan fingerprint density at radius 2 is 1.24 bits per heavy atom. The Kier molecular flexibility index (Phi) is 11.8. The summed E-state index contributed by atoms with van der Waals surface area (Å²) in [6.45, 7) is -0.101. The fraction of sp³-hybridized carbons (Fsp3) is 0.778. The van der Waals surface area contributed by atoms with E-state index >= 15 is 0 Å². The van der Waals surface area contributed by atoms with Crippen molar-refractivity contribution in [3.63, 3.8) is 0 Å². The quantitative estimate of drug-likeness (QED) is 0.104. The maximum atomic E-state index is 12.7. The molecule has 0 aliphatic heterocycles. The van der Waals surface area contributed by atoms with Crippen LogP contribution in [0.2, 0.25) is 0 Å². The highest BCUT2D eigenvalue weighted by Crippen LogP contribution is 2.23. The summed E-state index contributed by atoms with van der Waals surface area (Å²) >= 11 is 0. The van der Waals surface area contributed by atoms with Gasteiger partial charge in [0.1, 0.15) is 0 Å².